The maximum absolute atomic E-state index is 12.6. The van der Waals surface area contributed by atoms with Crippen molar-refractivity contribution in [3.05, 3.63) is 88.2 Å². The van der Waals surface area contributed by atoms with Crippen LogP contribution in [0, 0.1) is 0 Å². The zero-order chi connectivity index (χ0) is 21.2. The Hall–Kier alpha value is -3.71. The Labute approximate surface area is 179 Å². The summed E-state index contributed by atoms with van der Waals surface area (Å²) >= 11 is 0. The third-order valence-corrected chi connectivity index (χ3v) is 5.50. The molecule has 0 fully saturated rings. The summed E-state index contributed by atoms with van der Waals surface area (Å²) in [4.78, 5) is 27.0. The molecule has 5 rings (SSSR count). The summed E-state index contributed by atoms with van der Waals surface area (Å²) in [5.41, 5.74) is 4.49. The molecule has 3 aromatic heterocycles. The standard InChI is InChI=1S/C24H22N4O3/c1-30-18-5-2-4-17(12-18)20-8-7-16(13-25-20)14-28-10-9-21-19(15-28)24(29)27-23(26-21)22-6-3-11-31-22/h2-8,11-13H,9-10,14-15H2,1H3,(H,26,27,29). The van der Waals surface area contributed by atoms with Gasteiger partial charge in [-0.05, 0) is 35.9 Å². The number of benzene rings is 1. The molecule has 7 nitrogen and oxygen atoms in total. The molecule has 0 radical (unpaired) electrons. The monoisotopic (exact) mass is 414 g/mol. The second-order valence-corrected chi connectivity index (χ2v) is 7.56. The largest absolute Gasteiger partial charge is 0.497 e. The lowest BCUT2D eigenvalue weighted by Crippen LogP contribution is -2.35. The molecule has 156 valence electrons. The first-order valence-electron chi connectivity index (χ1n) is 10.2. The van der Waals surface area contributed by atoms with Crippen LogP contribution >= 0.6 is 0 Å². The maximum Gasteiger partial charge on any atom is 0.256 e. The fraction of sp³-hybridized carbons (Fsp3) is 0.208. The normalized spacial score (nSPS) is 13.7. The van der Waals surface area contributed by atoms with Crippen LogP contribution in [0.15, 0.2) is 70.2 Å². The third kappa shape index (κ3) is 4.00. The molecule has 0 amide bonds. The van der Waals surface area contributed by atoms with Crippen molar-refractivity contribution in [2.75, 3.05) is 13.7 Å². The topological polar surface area (TPSA) is 84.2 Å². The Morgan fingerprint density at radius 1 is 1.19 bits per heavy atom. The smallest absolute Gasteiger partial charge is 0.256 e. The number of H-pyrrole nitrogens is 1. The van der Waals surface area contributed by atoms with Crippen molar-refractivity contribution < 1.29 is 9.15 Å². The number of pyridine rings is 1. The van der Waals surface area contributed by atoms with Crippen molar-refractivity contribution in [3.63, 3.8) is 0 Å². The first kappa shape index (κ1) is 19.3. The molecule has 0 spiro atoms. The van der Waals surface area contributed by atoms with Crippen LogP contribution in [-0.2, 0) is 19.5 Å². The van der Waals surface area contributed by atoms with Gasteiger partial charge in [0.1, 0.15) is 5.75 Å². The predicted molar refractivity (Wildman–Crippen MR) is 117 cm³/mol. The van der Waals surface area contributed by atoms with E-state index in [4.69, 9.17) is 9.15 Å². The summed E-state index contributed by atoms with van der Waals surface area (Å²) in [6.45, 7) is 2.12. The van der Waals surface area contributed by atoms with E-state index in [9.17, 15) is 4.79 Å². The van der Waals surface area contributed by atoms with Crippen molar-refractivity contribution in [2.45, 2.75) is 19.5 Å². The molecule has 1 aliphatic heterocycles. The van der Waals surface area contributed by atoms with Gasteiger partial charge >= 0.3 is 0 Å². The number of fused-ring (bicyclic) bond motifs is 1. The lowest BCUT2D eigenvalue weighted by molar-refractivity contribution is 0.241. The van der Waals surface area contributed by atoms with Gasteiger partial charge < -0.3 is 14.1 Å². The molecular weight excluding hydrogens is 392 g/mol. The van der Waals surface area contributed by atoms with E-state index < -0.39 is 0 Å². The molecule has 0 aliphatic carbocycles. The molecule has 0 atom stereocenters. The number of hydrogen-bond donors (Lipinski definition) is 1. The first-order valence-corrected chi connectivity index (χ1v) is 10.2. The quantitative estimate of drug-likeness (QED) is 0.537. The van der Waals surface area contributed by atoms with Crippen LogP contribution in [0.25, 0.3) is 22.8 Å². The van der Waals surface area contributed by atoms with Crippen LogP contribution in [0.1, 0.15) is 16.8 Å². The number of furan rings is 1. The van der Waals surface area contributed by atoms with E-state index in [-0.39, 0.29) is 5.56 Å². The molecule has 1 aliphatic rings. The summed E-state index contributed by atoms with van der Waals surface area (Å²) in [7, 11) is 1.66. The third-order valence-electron chi connectivity index (χ3n) is 5.50. The van der Waals surface area contributed by atoms with E-state index in [1.807, 2.05) is 36.5 Å². The molecule has 4 aromatic rings. The summed E-state index contributed by atoms with van der Waals surface area (Å²) in [6.07, 6.45) is 4.19. The van der Waals surface area contributed by atoms with Gasteiger partial charge in [-0.15, -0.1) is 0 Å². The molecule has 0 saturated heterocycles. The van der Waals surface area contributed by atoms with E-state index in [1.165, 1.54) is 0 Å². The number of ether oxygens (including phenoxy) is 1. The molecule has 0 unspecified atom stereocenters. The van der Waals surface area contributed by atoms with Gasteiger partial charge in [-0.3, -0.25) is 14.7 Å². The average molecular weight is 414 g/mol. The minimum Gasteiger partial charge on any atom is -0.497 e. The number of aromatic amines is 1. The maximum atomic E-state index is 12.6. The van der Waals surface area contributed by atoms with Gasteiger partial charge in [0.05, 0.1) is 30.3 Å². The molecule has 1 N–H and O–H groups in total. The van der Waals surface area contributed by atoms with E-state index >= 15 is 0 Å². The van der Waals surface area contributed by atoms with Crippen molar-refractivity contribution >= 4 is 0 Å². The highest BCUT2D eigenvalue weighted by Gasteiger charge is 2.22. The van der Waals surface area contributed by atoms with Crippen LogP contribution in [0.3, 0.4) is 0 Å². The highest BCUT2D eigenvalue weighted by atomic mass is 16.5. The number of methoxy groups -OCH3 is 1. The Bertz CT molecular complexity index is 1250. The lowest BCUT2D eigenvalue weighted by atomic mass is 10.1. The summed E-state index contributed by atoms with van der Waals surface area (Å²) < 4.78 is 10.7. The van der Waals surface area contributed by atoms with Gasteiger partial charge in [-0.25, -0.2) is 4.98 Å². The highest BCUT2D eigenvalue weighted by molar-refractivity contribution is 5.61. The Kier molecular flexibility index (Phi) is 5.09. The van der Waals surface area contributed by atoms with Crippen molar-refractivity contribution in [2.24, 2.45) is 0 Å². The number of nitrogens with zero attached hydrogens (tertiary/aromatic N) is 3. The Balaban J connectivity index is 1.30. The van der Waals surface area contributed by atoms with E-state index in [1.54, 1.807) is 25.5 Å². The summed E-state index contributed by atoms with van der Waals surface area (Å²) in [5, 5.41) is 0. The fourth-order valence-corrected chi connectivity index (χ4v) is 3.88. The van der Waals surface area contributed by atoms with Crippen LogP contribution in [0.2, 0.25) is 0 Å². The number of aromatic nitrogens is 3. The van der Waals surface area contributed by atoms with Gasteiger partial charge in [0.2, 0.25) is 0 Å². The highest BCUT2D eigenvalue weighted by Crippen LogP contribution is 2.23. The van der Waals surface area contributed by atoms with E-state index in [2.05, 4.69) is 25.9 Å². The number of hydrogen-bond acceptors (Lipinski definition) is 6. The number of nitrogens with one attached hydrogen (secondary N) is 1. The van der Waals surface area contributed by atoms with E-state index in [0.29, 0.717) is 18.1 Å². The van der Waals surface area contributed by atoms with Crippen LogP contribution in [-0.4, -0.2) is 33.5 Å². The Morgan fingerprint density at radius 3 is 2.90 bits per heavy atom. The van der Waals surface area contributed by atoms with Gasteiger partial charge in [-0.2, -0.15) is 0 Å². The zero-order valence-corrected chi connectivity index (χ0v) is 17.2. The SMILES string of the molecule is COc1cccc(-c2ccc(CN3CCc4nc(-c5ccco5)[nH]c(=O)c4C3)cn2)c1. The first-order chi connectivity index (χ1) is 15.2. The van der Waals surface area contributed by atoms with Crippen LogP contribution in [0.5, 0.6) is 5.75 Å². The number of rotatable bonds is 5. The zero-order valence-electron chi connectivity index (χ0n) is 17.2. The van der Waals surface area contributed by atoms with Crippen molar-refractivity contribution in [1.29, 1.82) is 0 Å². The van der Waals surface area contributed by atoms with Gasteiger partial charge in [0.25, 0.3) is 5.56 Å². The Morgan fingerprint density at radius 2 is 2.13 bits per heavy atom. The molecule has 0 saturated carbocycles. The molecule has 7 heteroatoms. The molecule has 4 heterocycles. The fourth-order valence-electron chi connectivity index (χ4n) is 3.88. The summed E-state index contributed by atoms with van der Waals surface area (Å²) in [5.74, 6) is 1.87. The van der Waals surface area contributed by atoms with E-state index in [0.717, 1.165) is 53.3 Å². The second kappa shape index (κ2) is 8.20. The van der Waals surface area contributed by atoms with Gasteiger partial charge in [0.15, 0.2) is 11.6 Å². The van der Waals surface area contributed by atoms with Gasteiger partial charge in [0, 0.05) is 37.8 Å². The van der Waals surface area contributed by atoms with Crippen LogP contribution < -0.4 is 10.3 Å². The molecule has 0 bridgehead atoms. The van der Waals surface area contributed by atoms with Crippen LogP contribution in [0.4, 0.5) is 0 Å². The molecule has 1 aromatic carbocycles. The molecular formula is C24H22N4O3. The minimum absolute atomic E-state index is 0.104. The second-order valence-electron chi connectivity index (χ2n) is 7.56. The average Bonchev–Trinajstić information content (AvgIpc) is 3.35. The lowest BCUT2D eigenvalue weighted by Gasteiger charge is -2.27. The molecule has 31 heavy (non-hydrogen) atoms. The summed E-state index contributed by atoms with van der Waals surface area (Å²) in [6, 6.07) is 15.5. The predicted octanol–water partition coefficient (Wildman–Crippen LogP) is 3.66. The minimum atomic E-state index is -0.104. The van der Waals surface area contributed by atoms with Crippen molar-refractivity contribution in [3.8, 4) is 28.6 Å². The van der Waals surface area contributed by atoms with Crippen molar-refractivity contribution in [1.82, 2.24) is 19.9 Å². The van der Waals surface area contributed by atoms with Gasteiger partial charge in [-0.1, -0.05) is 18.2 Å².